The van der Waals surface area contributed by atoms with Crippen LogP contribution in [0, 0.1) is 0 Å². The quantitative estimate of drug-likeness (QED) is 0.458. The summed E-state index contributed by atoms with van der Waals surface area (Å²) in [5.74, 6) is 2.67. The fourth-order valence-corrected chi connectivity index (χ4v) is 5.03. The summed E-state index contributed by atoms with van der Waals surface area (Å²) in [7, 11) is 3.20. The van der Waals surface area contributed by atoms with Gasteiger partial charge >= 0.3 is 0 Å². The van der Waals surface area contributed by atoms with Crippen LogP contribution in [-0.4, -0.2) is 43.1 Å². The first kappa shape index (κ1) is 23.0. The number of rotatable bonds is 8. The lowest BCUT2D eigenvalue weighted by atomic mass is 10.1. The smallest absolute Gasteiger partial charge is 0.259 e. The number of carbonyl (C=O) groups is 1. The topological polar surface area (TPSA) is 67.5 Å². The van der Waals surface area contributed by atoms with Gasteiger partial charge in [-0.15, -0.1) is 0 Å². The predicted octanol–water partition coefficient (Wildman–Crippen LogP) is 5.06. The van der Waals surface area contributed by atoms with Gasteiger partial charge in [-0.1, -0.05) is 43.2 Å². The van der Waals surface area contributed by atoms with Gasteiger partial charge in [-0.25, -0.2) is 9.89 Å². The molecule has 0 saturated heterocycles. The Morgan fingerprint density at radius 3 is 2.46 bits per heavy atom. The van der Waals surface area contributed by atoms with Crippen LogP contribution in [0.4, 0.5) is 5.69 Å². The summed E-state index contributed by atoms with van der Waals surface area (Å²) >= 11 is 0. The Balaban J connectivity index is 1.56. The first-order valence-corrected chi connectivity index (χ1v) is 12.1. The van der Waals surface area contributed by atoms with Crippen molar-refractivity contribution in [3.8, 4) is 11.5 Å². The van der Waals surface area contributed by atoms with Crippen LogP contribution in [0.25, 0.3) is 0 Å². The third-order valence-corrected chi connectivity index (χ3v) is 6.80. The van der Waals surface area contributed by atoms with Gasteiger partial charge in [-0.3, -0.25) is 4.79 Å². The number of hydrogen-bond acceptors (Lipinski definition) is 6. The van der Waals surface area contributed by atoms with Crippen LogP contribution in [-0.2, 0) is 17.8 Å². The van der Waals surface area contributed by atoms with Crippen LogP contribution in [0.5, 0.6) is 11.5 Å². The van der Waals surface area contributed by atoms with Crippen molar-refractivity contribution >= 4 is 17.6 Å². The SMILES string of the molecule is COc1ccc(N2C(=O)C(Cc3ccccc3)N=C2N(Cc2ccco2)C2CCCC2)cc1OC. The minimum Gasteiger partial charge on any atom is -0.493 e. The van der Waals surface area contributed by atoms with E-state index in [2.05, 4.69) is 4.90 Å². The lowest BCUT2D eigenvalue weighted by Crippen LogP contribution is -2.48. The number of amides is 1. The summed E-state index contributed by atoms with van der Waals surface area (Å²) in [4.78, 5) is 22.9. The van der Waals surface area contributed by atoms with Crippen molar-refractivity contribution in [3.63, 3.8) is 0 Å². The second-order valence-electron chi connectivity index (χ2n) is 8.99. The molecular weight excluding hydrogens is 442 g/mol. The van der Waals surface area contributed by atoms with E-state index >= 15 is 0 Å². The normalized spacial score (nSPS) is 18.1. The van der Waals surface area contributed by atoms with Gasteiger partial charge < -0.3 is 18.8 Å². The van der Waals surface area contributed by atoms with Crippen molar-refractivity contribution in [1.82, 2.24) is 4.90 Å². The number of anilines is 1. The van der Waals surface area contributed by atoms with Gasteiger partial charge in [0.1, 0.15) is 11.8 Å². The van der Waals surface area contributed by atoms with Gasteiger partial charge in [0.25, 0.3) is 5.91 Å². The fourth-order valence-electron chi connectivity index (χ4n) is 5.03. The van der Waals surface area contributed by atoms with Crippen molar-refractivity contribution in [2.75, 3.05) is 19.1 Å². The number of nitrogens with zero attached hydrogens (tertiary/aromatic N) is 3. The Labute approximate surface area is 206 Å². The minimum absolute atomic E-state index is 0.0430. The highest BCUT2D eigenvalue weighted by Gasteiger charge is 2.41. The molecule has 1 aliphatic heterocycles. The van der Waals surface area contributed by atoms with Gasteiger partial charge in [0.05, 0.1) is 32.7 Å². The van der Waals surface area contributed by atoms with E-state index < -0.39 is 6.04 Å². The molecule has 2 aromatic carbocycles. The fraction of sp³-hybridized carbons (Fsp3) is 0.357. The second kappa shape index (κ2) is 10.3. The van der Waals surface area contributed by atoms with Crippen molar-refractivity contribution in [1.29, 1.82) is 0 Å². The highest BCUT2D eigenvalue weighted by Crippen LogP contribution is 2.36. The van der Waals surface area contributed by atoms with Crippen molar-refractivity contribution in [3.05, 3.63) is 78.3 Å². The van der Waals surface area contributed by atoms with Crippen LogP contribution in [0.3, 0.4) is 0 Å². The molecule has 1 fully saturated rings. The molecule has 1 atom stereocenters. The van der Waals surface area contributed by atoms with E-state index in [0.717, 1.165) is 24.2 Å². The Kier molecular flexibility index (Phi) is 6.75. The molecule has 0 N–H and O–H groups in total. The van der Waals surface area contributed by atoms with E-state index in [1.165, 1.54) is 12.8 Å². The standard InChI is InChI=1S/C28H31N3O4/c1-33-25-15-14-22(18-26(25)34-2)31-27(32)24(17-20-9-4-3-5-10-20)29-28(31)30(21-11-6-7-12-21)19-23-13-8-16-35-23/h3-5,8-10,13-16,18,21,24H,6-7,11-12,17,19H2,1-2H3. The molecule has 5 rings (SSSR count). The van der Waals surface area contributed by atoms with Gasteiger partial charge in [0.15, 0.2) is 11.5 Å². The maximum Gasteiger partial charge on any atom is 0.259 e. The van der Waals surface area contributed by atoms with Crippen LogP contribution < -0.4 is 14.4 Å². The van der Waals surface area contributed by atoms with Crippen LogP contribution >= 0.6 is 0 Å². The molecule has 2 aliphatic rings. The molecule has 0 bridgehead atoms. The maximum atomic E-state index is 13.9. The largest absolute Gasteiger partial charge is 0.493 e. The molecule has 1 aliphatic carbocycles. The Bertz CT molecular complexity index is 1170. The van der Waals surface area contributed by atoms with E-state index in [-0.39, 0.29) is 5.91 Å². The molecule has 0 radical (unpaired) electrons. The molecule has 7 heteroatoms. The Hall–Kier alpha value is -3.74. The number of carbonyl (C=O) groups excluding carboxylic acids is 1. The van der Waals surface area contributed by atoms with E-state index in [1.54, 1.807) is 25.4 Å². The zero-order valence-electron chi connectivity index (χ0n) is 20.2. The maximum absolute atomic E-state index is 13.9. The van der Waals surface area contributed by atoms with Gasteiger partial charge in [0.2, 0.25) is 5.96 Å². The second-order valence-corrected chi connectivity index (χ2v) is 8.99. The lowest BCUT2D eigenvalue weighted by Gasteiger charge is -2.34. The highest BCUT2D eigenvalue weighted by molar-refractivity contribution is 6.22. The van der Waals surface area contributed by atoms with Crippen molar-refractivity contribution < 1.29 is 18.7 Å². The van der Waals surface area contributed by atoms with E-state index in [4.69, 9.17) is 18.9 Å². The van der Waals surface area contributed by atoms with Crippen molar-refractivity contribution in [2.24, 2.45) is 4.99 Å². The monoisotopic (exact) mass is 473 g/mol. The average Bonchev–Trinajstić information content (AvgIpc) is 3.66. The molecule has 2 heterocycles. The molecule has 0 spiro atoms. The van der Waals surface area contributed by atoms with E-state index in [9.17, 15) is 4.79 Å². The molecule has 1 amide bonds. The zero-order chi connectivity index (χ0) is 24.2. The number of hydrogen-bond donors (Lipinski definition) is 0. The summed E-state index contributed by atoms with van der Waals surface area (Å²) in [6.07, 6.45) is 6.71. The number of guanidine groups is 1. The third-order valence-electron chi connectivity index (χ3n) is 6.80. The van der Waals surface area contributed by atoms with E-state index in [0.29, 0.717) is 42.2 Å². The summed E-state index contributed by atoms with van der Waals surface area (Å²) in [6.45, 7) is 0.561. The van der Waals surface area contributed by atoms with Gasteiger partial charge in [-0.2, -0.15) is 0 Å². The van der Waals surface area contributed by atoms with Crippen LogP contribution in [0.2, 0.25) is 0 Å². The summed E-state index contributed by atoms with van der Waals surface area (Å²) in [5.41, 5.74) is 1.80. The Morgan fingerprint density at radius 2 is 1.77 bits per heavy atom. The average molecular weight is 474 g/mol. The number of aliphatic imine (C=N–C) groups is 1. The lowest BCUT2D eigenvalue weighted by molar-refractivity contribution is -0.118. The molecular formula is C28H31N3O4. The molecule has 182 valence electrons. The zero-order valence-corrected chi connectivity index (χ0v) is 20.2. The van der Waals surface area contributed by atoms with Gasteiger partial charge in [-0.05, 0) is 42.7 Å². The van der Waals surface area contributed by atoms with Crippen molar-refractivity contribution in [2.45, 2.75) is 50.7 Å². The molecule has 3 aromatic rings. The predicted molar refractivity (Wildman–Crippen MR) is 135 cm³/mol. The molecule has 35 heavy (non-hydrogen) atoms. The number of ether oxygens (including phenoxy) is 2. The van der Waals surface area contributed by atoms with Crippen LogP contribution in [0.15, 0.2) is 76.3 Å². The third kappa shape index (κ3) is 4.76. The highest BCUT2D eigenvalue weighted by atomic mass is 16.5. The summed E-state index contributed by atoms with van der Waals surface area (Å²) in [6, 6.07) is 19.3. The van der Waals surface area contributed by atoms with E-state index in [1.807, 2.05) is 60.7 Å². The van der Waals surface area contributed by atoms with Gasteiger partial charge in [0, 0.05) is 18.5 Å². The Morgan fingerprint density at radius 1 is 1.00 bits per heavy atom. The molecule has 1 aromatic heterocycles. The molecule has 7 nitrogen and oxygen atoms in total. The first-order chi connectivity index (χ1) is 17.2. The van der Waals surface area contributed by atoms with Crippen LogP contribution in [0.1, 0.15) is 37.0 Å². The molecule has 1 saturated carbocycles. The summed E-state index contributed by atoms with van der Waals surface area (Å²) in [5, 5.41) is 0. The minimum atomic E-state index is -0.499. The molecule has 1 unspecified atom stereocenters. The number of benzene rings is 2. The first-order valence-electron chi connectivity index (χ1n) is 12.1. The number of methoxy groups -OCH3 is 2. The summed E-state index contributed by atoms with van der Waals surface area (Å²) < 4.78 is 16.7. The number of furan rings is 1.